The average Bonchev–Trinajstić information content (AvgIpc) is 2.49. The maximum absolute atomic E-state index is 12.0. The molecular formula is C12H15N5O3S. The molecule has 0 amide bonds. The van der Waals surface area contributed by atoms with Crippen LogP contribution in [0.1, 0.15) is 5.56 Å². The molecule has 0 aliphatic carbocycles. The Bertz CT molecular complexity index is 686. The van der Waals surface area contributed by atoms with Crippen molar-refractivity contribution in [3.63, 3.8) is 0 Å². The zero-order valence-electron chi connectivity index (χ0n) is 11.0. The largest absolute Gasteiger partial charge is 0.508 e. The summed E-state index contributed by atoms with van der Waals surface area (Å²) in [6.45, 7) is 0.226. The minimum Gasteiger partial charge on any atom is -0.508 e. The highest BCUT2D eigenvalue weighted by Gasteiger charge is 2.14. The molecule has 5 N–H and O–H groups in total. The number of sulfonamides is 1. The second-order valence-corrected chi connectivity index (χ2v) is 5.97. The van der Waals surface area contributed by atoms with Crippen LogP contribution >= 0.6 is 0 Å². The van der Waals surface area contributed by atoms with Crippen LogP contribution < -0.4 is 16.0 Å². The van der Waals surface area contributed by atoms with Crippen molar-refractivity contribution in [1.82, 2.24) is 14.7 Å². The van der Waals surface area contributed by atoms with Crippen molar-refractivity contribution in [1.29, 1.82) is 0 Å². The van der Waals surface area contributed by atoms with Gasteiger partial charge >= 0.3 is 0 Å². The zero-order valence-corrected chi connectivity index (χ0v) is 11.8. The van der Waals surface area contributed by atoms with Gasteiger partial charge in [0.2, 0.25) is 16.0 Å². The monoisotopic (exact) mass is 309 g/mol. The van der Waals surface area contributed by atoms with Gasteiger partial charge in [0.15, 0.2) is 0 Å². The van der Waals surface area contributed by atoms with E-state index in [1.807, 2.05) is 0 Å². The molecule has 2 rings (SSSR count). The highest BCUT2D eigenvalue weighted by Crippen LogP contribution is 2.10. The molecule has 0 fully saturated rings. The van der Waals surface area contributed by atoms with E-state index >= 15 is 0 Å². The first-order valence-electron chi connectivity index (χ1n) is 6.07. The van der Waals surface area contributed by atoms with Gasteiger partial charge in [0.25, 0.3) is 0 Å². The number of phenolic OH excluding ortho intramolecular Hbond substituents is 1. The maximum atomic E-state index is 12.0. The highest BCUT2D eigenvalue weighted by molar-refractivity contribution is 7.89. The van der Waals surface area contributed by atoms with Gasteiger partial charge in [-0.2, -0.15) is 0 Å². The quantitative estimate of drug-likeness (QED) is 0.436. The predicted octanol–water partition coefficient (Wildman–Crippen LogP) is -0.0112. The van der Waals surface area contributed by atoms with Crippen molar-refractivity contribution in [2.24, 2.45) is 5.84 Å². The molecule has 0 atom stereocenters. The number of rotatable bonds is 6. The van der Waals surface area contributed by atoms with Crippen molar-refractivity contribution >= 4 is 16.0 Å². The molecule has 8 nitrogen and oxygen atoms in total. The summed E-state index contributed by atoms with van der Waals surface area (Å²) in [5.41, 5.74) is 3.13. The van der Waals surface area contributed by atoms with E-state index in [0.29, 0.717) is 6.42 Å². The SMILES string of the molecule is NNc1ncc(S(=O)(=O)NCCc2ccc(O)cc2)cn1. The number of nitrogens with zero attached hydrogens (tertiary/aromatic N) is 2. The number of benzene rings is 1. The van der Waals surface area contributed by atoms with Crippen LogP contribution in [0.3, 0.4) is 0 Å². The van der Waals surface area contributed by atoms with Crippen LogP contribution in [0, 0.1) is 0 Å². The Labute approximate surface area is 122 Å². The van der Waals surface area contributed by atoms with Gasteiger partial charge < -0.3 is 5.11 Å². The molecule has 21 heavy (non-hydrogen) atoms. The number of aromatic nitrogens is 2. The number of hydrogen-bond acceptors (Lipinski definition) is 7. The molecule has 0 bridgehead atoms. The molecule has 1 heterocycles. The van der Waals surface area contributed by atoms with E-state index in [1.165, 1.54) is 12.4 Å². The van der Waals surface area contributed by atoms with Gasteiger partial charge in [-0.1, -0.05) is 12.1 Å². The molecule has 0 saturated heterocycles. The Hall–Kier alpha value is -2.23. The number of nitrogen functional groups attached to an aromatic ring is 1. The topological polar surface area (TPSA) is 130 Å². The zero-order chi connectivity index (χ0) is 15.3. The molecule has 2 aromatic rings. The molecule has 0 aliphatic heterocycles. The Morgan fingerprint density at radius 1 is 1.14 bits per heavy atom. The Kier molecular flexibility index (Phi) is 4.68. The number of nitrogens with two attached hydrogens (primary N) is 1. The first kappa shape index (κ1) is 15.2. The third-order valence-electron chi connectivity index (χ3n) is 2.71. The van der Waals surface area contributed by atoms with Crippen molar-refractivity contribution in [3.05, 3.63) is 42.2 Å². The van der Waals surface area contributed by atoms with Crippen molar-refractivity contribution in [2.75, 3.05) is 12.0 Å². The van der Waals surface area contributed by atoms with E-state index in [-0.39, 0.29) is 23.1 Å². The third-order valence-corrected chi connectivity index (χ3v) is 4.13. The minimum atomic E-state index is -3.66. The normalized spacial score (nSPS) is 11.3. The summed E-state index contributed by atoms with van der Waals surface area (Å²) < 4.78 is 26.4. The number of anilines is 1. The molecule has 9 heteroatoms. The fourth-order valence-electron chi connectivity index (χ4n) is 1.61. The van der Waals surface area contributed by atoms with E-state index in [1.54, 1.807) is 24.3 Å². The van der Waals surface area contributed by atoms with Gasteiger partial charge in [-0.05, 0) is 24.1 Å². The summed E-state index contributed by atoms with van der Waals surface area (Å²) in [5.74, 6) is 5.41. The summed E-state index contributed by atoms with van der Waals surface area (Å²) >= 11 is 0. The summed E-state index contributed by atoms with van der Waals surface area (Å²) in [6.07, 6.45) is 2.85. The van der Waals surface area contributed by atoms with Crippen LogP contribution in [-0.4, -0.2) is 30.0 Å². The molecule has 0 radical (unpaired) electrons. The molecule has 0 saturated carbocycles. The Balaban J connectivity index is 1.95. The van der Waals surface area contributed by atoms with E-state index < -0.39 is 10.0 Å². The van der Waals surface area contributed by atoms with Crippen LogP contribution in [0.15, 0.2) is 41.6 Å². The van der Waals surface area contributed by atoms with Gasteiger partial charge in [-0.15, -0.1) is 0 Å². The summed E-state index contributed by atoms with van der Waals surface area (Å²) in [4.78, 5) is 7.46. The average molecular weight is 309 g/mol. The van der Waals surface area contributed by atoms with E-state index in [0.717, 1.165) is 5.56 Å². The van der Waals surface area contributed by atoms with E-state index in [2.05, 4.69) is 20.1 Å². The number of phenols is 1. The highest BCUT2D eigenvalue weighted by atomic mass is 32.2. The van der Waals surface area contributed by atoms with Gasteiger partial charge in [0.1, 0.15) is 10.6 Å². The van der Waals surface area contributed by atoms with Gasteiger partial charge in [-0.3, -0.25) is 5.43 Å². The molecule has 0 spiro atoms. The van der Waals surface area contributed by atoms with Crippen LogP contribution in [0.25, 0.3) is 0 Å². The number of hydrazine groups is 1. The van der Waals surface area contributed by atoms with Crippen molar-refractivity contribution < 1.29 is 13.5 Å². The van der Waals surface area contributed by atoms with Crippen LogP contribution in [0.2, 0.25) is 0 Å². The van der Waals surface area contributed by atoms with Gasteiger partial charge in [0, 0.05) is 6.54 Å². The Morgan fingerprint density at radius 2 is 1.76 bits per heavy atom. The minimum absolute atomic E-state index is 0.0350. The first-order valence-corrected chi connectivity index (χ1v) is 7.56. The fourth-order valence-corrected chi connectivity index (χ4v) is 2.53. The van der Waals surface area contributed by atoms with E-state index in [4.69, 9.17) is 10.9 Å². The van der Waals surface area contributed by atoms with Crippen LogP contribution in [-0.2, 0) is 16.4 Å². The van der Waals surface area contributed by atoms with Crippen molar-refractivity contribution in [3.8, 4) is 5.75 Å². The lowest BCUT2D eigenvalue weighted by Gasteiger charge is -2.07. The lowest BCUT2D eigenvalue weighted by atomic mass is 10.1. The van der Waals surface area contributed by atoms with Crippen LogP contribution in [0.5, 0.6) is 5.75 Å². The van der Waals surface area contributed by atoms with Crippen LogP contribution in [0.4, 0.5) is 5.95 Å². The first-order chi connectivity index (χ1) is 10.0. The standard InChI is InChI=1S/C12H15N5O3S/c13-17-12-14-7-11(8-15-12)21(19,20)16-6-5-9-1-3-10(18)4-2-9/h1-4,7-8,16,18H,5-6,13H2,(H,14,15,17). The second-order valence-electron chi connectivity index (χ2n) is 4.20. The molecule has 0 aliphatic rings. The fraction of sp³-hybridized carbons (Fsp3) is 0.167. The molecule has 112 valence electrons. The summed E-state index contributed by atoms with van der Waals surface area (Å²) in [7, 11) is -3.66. The second kappa shape index (κ2) is 6.48. The smallest absolute Gasteiger partial charge is 0.243 e. The number of nitrogens with one attached hydrogen (secondary N) is 2. The maximum Gasteiger partial charge on any atom is 0.243 e. The number of aromatic hydroxyl groups is 1. The van der Waals surface area contributed by atoms with Gasteiger partial charge in [0.05, 0.1) is 12.4 Å². The lowest BCUT2D eigenvalue weighted by Crippen LogP contribution is -2.26. The van der Waals surface area contributed by atoms with Crippen molar-refractivity contribution in [2.45, 2.75) is 11.3 Å². The lowest BCUT2D eigenvalue weighted by molar-refractivity contribution is 0.475. The summed E-state index contributed by atoms with van der Waals surface area (Å²) in [6, 6.07) is 6.56. The Morgan fingerprint density at radius 3 is 2.33 bits per heavy atom. The van der Waals surface area contributed by atoms with E-state index in [9.17, 15) is 8.42 Å². The summed E-state index contributed by atoms with van der Waals surface area (Å²) in [5, 5.41) is 9.16. The molecule has 1 aromatic carbocycles. The predicted molar refractivity (Wildman–Crippen MR) is 76.8 cm³/mol. The molecular weight excluding hydrogens is 294 g/mol. The number of hydrogen-bond donors (Lipinski definition) is 4. The molecule has 0 unspecified atom stereocenters. The van der Waals surface area contributed by atoms with Gasteiger partial charge in [-0.25, -0.2) is 29.0 Å². The third kappa shape index (κ3) is 4.12. The molecule has 1 aromatic heterocycles.